The van der Waals surface area contributed by atoms with Gasteiger partial charge in [0, 0.05) is 19.2 Å². The van der Waals surface area contributed by atoms with E-state index in [2.05, 4.69) is 15.3 Å². The normalized spacial score (nSPS) is 21.6. The molecular weight excluding hydrogens is 440 g/mol. The lowest BCUT2D eigenvalue weighted by atomic mass is 10.0. The lowest BCUT2D eigenvalue weighted by Crippen LogP contribution is -2.44. The van der Waals surface area contributed by atoms with Crippen LogP contribution in [0.4, 0.5) is 22.4 Å². The van der Waals surface area contributed by atoms with Gasteiger partial charge in [-0.2, -0.15) is 13.2 Å². The molecule has 1 aromatic carbocycles. The Morgan fingerprint density at radius 3 is 2.79 bits per heavy atom. The van der Waals surface area contributed by atoms with Gasteiger partial charge in [-0.05, 0) is 61.8 Å². The van der Waals surface area contributed by atoms with Gasteiger partial charge in [-0.3, -0.25) is 0 Å². The molecule has 1 aromatic heterocycles. The summed E-state index contributed by atoms with van der Waals surface area (Å²) < 4.78 is 52.2. The lowest BCUT2D eigenvalue weighted by Gasteiger charge is -2.29. The molecular formula is C23H26F4N4O2. The molecule has 1 aliphatic carbocycles. The highest BCUT2D eigenvalue weighted by atomic mass is 19.4. The van der Waals surface area contributed by atoms with Crippen LogP contribution in [0.3, 0.4) is 0 Å². The van der Waals surface area contributed by atoms with E-state index in [1.165, 1.54) is 6.07 Å². The van der Waals surface area contributed by atoms with Crippen molar-refractivity contribution in [3.05, 3.63) is 58.4 Å². The van der Waals surface area contributed by atoms with E-state index in [1.807, 2.05) is 0 Å². The molecule has 0 radical (unpaired) electrons. The molecule has 2 N–H and O–H groups in total. The first kappa shape index (κ1) is 23.4. The van der Waals surface area contributed by atoms with E-state index in [0.717, 1.165) is 36.6 Å². The number of carbonyl (C=O) groups excluding carboxylic acids is 1. The Balaban J connectivity index is 1.39. The number of aliphatic hydroxyl groups is 1. The monoisotopic (exact) mass is 466 g/mol. The molecule has 3 atom stereocenters. The maximum Gasteiger partial charge on any atom is 0.419 e. The number of aliphatic hydroxyl groups excluding tert-OH is 1. The van der Waals surface area contributed by atoms with Gasteiger partial charge in [-0.25, -0.2) is 19.2 Å². The number of rotatable bonds is 4. The van der Waals surface area contributed by atoms with Gasteiger partial charge >= 0.3 is 12.2 Å². The minimum atomic E-state index is -4.77. The van der Waals surface area contributed by atoms with Crippen LogP contribution in [0.5, 0.6) is 0 Å². The van der Waals surface area contributed by atoms with Gasteiger partial charge in [0.15, 0.2) is 0 Å². The summed E-state index contributed by atoms with van der Waals surface area (Å²) in [6.45, 7) is 2.33. The minimum Gasteiger partial charge on any atom is -0.393 e. The van der Waals surface area contributed by atoms with Crippen molar-refractivity contribution in [2.45, 2.75) is 63.9 Å². The summed E-state index contributed by atoms with van der Waals surface area (Å²) in [7, 11) is 0. The predicted octanol–water partition coefficient (Wildman–Crippen LogP) is 4.17. The number of amides is 2. The first-order chi connectivity index (χ1) is 15.6. The molecule has 0 bridgehead atoms. The van der Waals surface area contributed by atoms with E-state index in [0.29, 0.717) is 37.2 Å². The van der Waals surface area contributed by atoms with Crippen LogP contribution in [0.25, 0.3) is 0 Å². The fourth-order valence-electron chi connectivity index (χ4n) is 4.50. The average Bonchev–Trinajstić information content (AvgIpc) is 3.16. The quantitative estimate of drug-likeness (QED) is 0.664. The van der Waals surface area contributed by atoms with Crippen molar-refractivity contribution in [1.82, 2.24) is 20.2 Å². The first-order valence-electron chi connectivity index (χ1n) is 11.0. The van der Waals surface area contributed by atoms with Crippen LogP contribution in [0.15, 0.2) is 24.4 Å². The van der Waals surface area contributed by atoms with Crippen LogP contribution in [0.2, 0.25) is 0 Å². The Hall–Kier alpha value is -2.75. The molecule has 0 saturated heterocycles. The molecule has 1 saturated carbocycles. The Labute approximate surface area is 189 Å². The van der Waals surface area contributed by atoms with E-state index in [-0.39, 0.29) is 18.2 Å². The number of fused-ring (bicyclic) bond motifs is 1. The third-order valence-corrected chi connectivity index (χ3v) is 6.41. The molecule has 178 valence electrons. The van der Waals surface area contributed by atoms with Crippen molar-refractivity contribution < 1.29 is 27.5 Å². The van der Waals surface area contributed by atoms with Crippen LogP contribution in [-0.2, 0) is 25.6 Å². The Morgan fingerprint density at radius 2 is 2.12 bits per heavy atom. The summed E-state index contributed by atoms with van der Waals surface area (Å²) >= 11 is 0. The second-order valence-corrected chi connectivity index (χ2v) is 8.87. The van der Waals surface area contributed by atoms with E-state index in [4.69, 9.17) is 0 Å². The molecule has 10 heteroatoms. The van der Waals surface area contributed by atoms with Crippen LogP contribution >= 0.6 is 0 Å². The number of aromatic nitrogens is 2. The van der Waals surface area contributed by atoms with Gasteiger partial charge in [-0.1, -0.05) is 6.07 Å². The standard InChI is InChI=1S/C23H26F4N4O2/c1-13(15-3-5-18(19(24)10-15)23(25,26)27)29-22(33)31-7-6-16-11-28-21(30-20(16)12-31)9-14-2-4-17(32)8-14/h3,5,10-11,13-14,17,32H,2,4,6-9,12H2,1H3,(H,29,33)/t13-,14+,17+/m1/s1. The second-order valence-electron chi connectivity index (χ2n) is 8.87. The summed E-state index contributed by atoms with van der Waals surface area (Å²) in [4.78, 5) is 23.4. The zero-order valence-electron chi connectivity index (χ0n) is 18.2. The molecule has 2 amide bonds. The molecule has 33 heavy (non-hydrogen) atoms. The van der Waals surface area contributed by atoms with Crippen molar-refractivity contribution >= 4 is 6.03 Å². The maximum absolute atomic E-state index is 13.9. The zero-order valence-corrected chi connectivity index (χ0v) is 18.2. The van der Waals surface area contributed by atoms with Gasteiger partial charge in [-0.15, -0.1) is 0 Å². The molecule has 1 fully saturated rings. The number of urea groups is 1. The van der Waals surface area contributed by atoms with Crippen molar-refractivity contribution in [3.8, 4) is 0 Å². The van der Waals surface area contributed by atoms with Gasteiger partial charge in [0.25, 0.3) is 0 Å². The summed E-state index contributed by atoms with van der Waals surface area (Å²) in [6.07, 6.45) is 0.537. The molecule has 2 aromatic rings. The third kappa shape index (κ3) is 5.43. The lowest BCUT2D eigenvalue weighted by molar-refractivity contribution is -0.140. The van der Waals surface area contributed by atoms with Crippen molar-refractivity contribution in [2.75, 3.05) is 6.54 Å². The predicted molar refractivity (Wildman–Crippen MR) is 112 cm³/mol. The molecule has 1 aliphatic heterocycles. The van der Waals surface area contributed by atoms with Crippen LogP contribution < -0.4 is 5.32 Å². The van der Waals surface area contributed by atoms with Gasteiger partial charge in [0.2, 0.25) is 0 Å². The highest BCUT2D eigenvalue weighted by Crippen LogP contribution is 2.32. The SMILES string of the molecule is C[C@@H](NC(=O)N1CCc2cnc(C[C@H]3CC[C@H](O)C3)nc2C1)c1ccc(C(F)(F)F)c(F)c1. The topological polar surface area (TPSA) is 78.4 Å². The van der Waals surface area contributed by atoms with Crippen LogP contribution in [-0.4, -0.2) is 38.7 Å². The van der Waals surface area contributed by atoms with E-state index < -0.39 is 29.6 Å². The van der Waals surface area contributed by atoms with Crippen molar-refractivity contribution in [3.63, 3.8) is 0 Å². The summed E-state index contributed by atoms with van der Waals surface area (Å²) in [6, 6.07) is 1.59. The van der Waals surface area contributed by atoms with Crippen LogP contribution in [0.1, 0.15) is 60.4 Å². The number of carbonyl (C=O) groups is 1. The van der Waals surface area contributed by atoms with Crippen molar-refractivity contribution in [1.29, 1.82) is 0 Å². The van der Waals surface area contributed by atoms with Gasteiger partial charge < -0.3 is 15.3 Å². The number of nitrogens with one attached hydrogen (secondary N) is 1. The molecule has 0 unspecified atom stereocenters. The Morgan fingerprint density at radius 1 is 1.33 bits per heavy atom. The summed E-state index contributed by atoms with van der Waals surface area (Å²) in [5.74, 6) is -0.318. The zero-order chi connectivity index (χ0) is 23.8. The Bertz CT molecular complexity index is 1030. The molecule has 0 spiro atoms. The molecule has 4 rings (SSSR count). The van der Waals surface area contributed by atoms with E-state index in [9.17, 15) is 27.5 Å². The molecule has 6 nitrogen and oxygen atoms in total. The van der Waals surface area contributed by atoms with Gasteiger partial charge in [0.05, 0.1) is 29.9 Å². The fourth-order valence-corrected chi connectivity index (χ4v) is 4.50. The third-order valence-electron chi connectivity index (χ3n) is 6.41. The Kier molecular flexibility index (Phi) is 6.56. The van der Waals surface area contributed by atoms with E-state index in [1.54, 1.807) is 18.0 Å². The molecule has 2 aliphatic rings. The summed E-state index contributed by atoms with van der Waals surface area (Å²) in [5.41, 5.74) is 0.662. The minimum absolute atomic E-state index is 0.245. The number of nitrogens with zero attached hydrogens (tertiary/aromatic N) is 3. The van der Waals surface area contributed by atoms with Crippen LogP contribution in [0, 0.1) is 11.7 Å². The highest BCUT2D eigenvalue weighted by Gasteiger charge is 2.34. The smallest absolute Gasteiger partial charge is 0.393 e. The van der Waals surface area contributed by atoms with E-state index >= 15 is 0 Å². The number of hydrogen-bond acceptors (Lipinski definition) is 4. The summed E-state index contributed by atoms with van der Waals surface area (Å²) in [5, 5.41) is 12.4. The second kappa shape index (κ2) is 9.24. The largest absolute Gasteiger partial charge is 0.419 e. The fraction of sp³-hybridized carbons (Fsp3) is 0.522. The number of benzene rings is 1. The first-order valence-corrected chi connectivity index (χ1v) is 11.0. The highest BCUT2D eigenvalue weighted by molar-refractivity contribution is 5.75. The number of alkyl halides is 3. The van der Waals surface area contributed by atoms with Gasteiger partial charge in [0.1, 0.15) is 11.6 Å². The van der Waals surface area contributed by atoms with Crippen molar-refractivity contribution in [2.24, 2.45) is 5.92 Å². The molecule has 2 heterocycles. The number of halogens is 4. The average molecular weight is 466 g/mol. The maximum atomic E-state index is 13.9. The number of hydrogen-bond donors (Lipinski definition) is 2.